The molecule has 1 rings (SSSR count). The molecule has 21 heavy (non-hydrogen) atoms. The maximum atomic E-state index is 13.5. The minimum Gasteiger partial charge on any atom is -0.598 e. The molecular weight excluding hydrogens is 353 g/mol. The molecule has 2 nitrogen and oxygen atoms in total. The van der Waals surface area contributed by atoms with Crippen LogP contribution in [0.25, 0.3) is 0 Å². The number of benzene rings is 1. The molecule has 0 aliphatic rings. The highest BCUT2D eigenvalue weighted by Gasteiger charge is 2.37. The predicted molar refractivity (Wildman–Crippen MR) is 91.9 cm³/mol. The van der Waals surface area contributed by atoms with E-state index >= 15 is 0 Å². The third-order valence-electron chi connectivity index (χ3n) is 3.09. The Labute approximate surface area is 138 Å². The summed E-state index contributed by atoms with van der Waals surface area (Å²) in [5, 5.41) is 0. The zero-order valence-corrected chi connectivity index (χ0v) is 15.6. The highest BCUT2D eigenvalue weighted by Crippen LogP contribution is 2.33. The Kier molecular flexibility index (Phi) is 6.07. The Bertz CT molecular complexity index is 529. The second-order valence-corrected chi connectivity index (χ2v) is 9.40. The standard InChI is InChI=1S/C16H23BrFNOS/c1-11(2)10-16(6,19-21(20)15(3,4)5)12-7-8-14(18)13(17)9-12/h7-9,19H,1,10H2,2-6H3. The summed E-state index contributed by atoms with van der Waals surface area (Å²) in [6.45, 7) is 13.6. The normalized spacial score (nSPS) is 16.4. The second-order valence-electron chi connectivity index (χ2n) is 6.58. The van der Waals surface area contributed by atoms with E-state index in [1.807, 2.05) is 34.6 Å². The van der Waals surface area contributed by atoms with Gasteiger partial charge in [0.05, 0.1) is 10.0 Å². The Morgan fingerprint density at radius 3 is 2.38 bits per heavy atom. The van der Waals surface area contributed by atoms with Crippen molar-refractivity contribution < 1.29 is 8.94 Å². The summed E-state index contributed by atoms with van der Waals surface area (Å²) in [6.07, 6.45) is 0.618. The van der Waals surface area contributed by atoms with E-state index in [2.05, 4.69) is 27.2 Å². The van der Waals surface area contributed by atoms with Crippen LogP contribution < -0.4 is 4.72 Å². The lowest BCUT2D eigenvalue weighted by atomic mass is 9.87. The van der Waals surface area contributed by atoms with E-state index in [0.717, 1.165) is 11.1 Å². The summed E-state index contributed by atoms with van der Waals surface area (Å²) >= 11 is 1.97. The smallest absolute Gasteiger partial charge is 0.137 e. The molecule has 0 fully saturated rings. The zero-order valence-electron chi connectivity index (χ0n) is 13.2. The first-order chi connectivity index (χ1) is 9.45. The van der Waals surface area contributed by atoms with Gasteiger partial charge in [0.25, 0.3) is 0 Å². The molecule has 2 unspecified atom stereocenters. The molecule has 0 spiro atoms. The monoisotopic (exact) mass is 375 g/mol. The van der Waals surface area contributed by atoms with Crippen molar-refractivity contribution in [2.45, 2.75) is 51.3 Å². The van der Waals surface area contributed by atoms with E-state index in [0.29, 0.717) is 10.9 Å². The van der Waals surface area contributed by atoms with E-state index < -0.39 is 16.9 Å². The van der Waals surface area contributed by atoms with E-state index in [4.69, 9.17) is 0 Å². The van der Waals surface area contributed by atoms with Crippen LogP contribution >= 0.6 is 15.9 Å². The summed E-state index contributed by atoms with van der Waals surface area (Å²) in [6, 6.07) is 4.86. The summed E-state index contributed by atoms with van der Waals surface area (Å²) in [4.78, 5) is 0. The highest BCUT2D eigenvalue weighted by molar-refractivity contribution is 9.10. The molecule has 0 aliphatic heterocycles. The van der Waals surface area contributed by atoms with E-state index in [1.165, 1.54) is 6.07 Å². The fourth-order valence-corrected chi connectivity index (χ4v) is 3.28. The van der Waals surface area contributed by atoms with Crippen molar-refractivity contribution in [2.75, 3.05) is 0 Å². The lowest BCUT2D eigenvalue weighted by Crippen LogP contribution is -2.50. The van der Waals surface area contributed by atoms with Crippen molar-refractivity contribution in [3.63, 3.8) is 0 Å². The molecule has 0 radical (unpaired) electrons. The fourth-order valence-electron chi connectivity index (χ4n) is 2.00. The quantitative estimate of drug-likeness (QED) is 0.591. The zero-order chi connectivity index (χ0) is 16.4. The molecule has 1 aromatic rings. The van der Waals surface area contributed by atoms with Gasteiger partial charge < -0.3 is 4.55 Å². The molecule has 0 aromatic heterocycles. The first-order valence-corrected chi connectivity index (χ1v) is 8.69. The Balaban J connectivity index is 3.19. The predicted octanol–water partition coefficient (Wildman–Crippen LogP) is 4.82. The lowest BCUT2D eigenvalue weighted by molar-refractivity contribution is 0.417. The second kappa shape index (κ2) is 6.82. The van der Waals surface area contributed by atoms with Crippen LogP contribution in [0.15, 0.2) is 34.8 Å². The number of rotatable bonds is 5. The van der Waals surface area contributed by atoms with Crippen LogP contribution in [0.3, 0.4) is 0 Å². The van der Waals surface area contributed by atoms with Gasteiger partial charge in [-0.25, -0.2) is 4.39 Å². The van der Waals surface area contributed by atoms with Crippen LogP contribution in [0.5, 0.6) is 0 Å². The number of hydrogen-bond donors (Lipinski definition) is 1. The number of hydrogen-bond acceptors (Lipinski definition) is 2. The minimum absolute atomic E-state index is 0.312. The molecule has 2 atom stereocenters. The van der Waals surface area contributed by atoms with Gasteiger partial charge in [-0.3, -0.25) is 0 Å². The average Bonchev–Trinajstić information content (AvgIpc) is 2.30. The van der Waals surface area contributed by atoms with Gasteiger partial charge in [-0.05, 0) is 74.7 Å². The van der Waals surface area contributed by atoms with Crippen LogP contribution in [0, 0.1) is 5.82 Å². The third-order valence-corrected chi connectivity index (χ3v) is 5.44. The average molecular weight is 376 g/mol. The third kappa shape index (κ3) is 5.09. The molecule has 0 saturated carbocycles. The lowest BCUT2D eigenvalue weighted by Gasteiger charge is -2.35. The molecule has 0 aliphatic carbocycles. The molecule has 0 amide bonds. The largest absolute Gasteiger partial charge is 0.598 e. The molecule has 0 bridgehead atoms. The molecular formula is C16H23BrFNOS. The summed E-state index contributed by atoms with van der Waals surface area (Å²) in [7, 11) is 0. The van der Waals surface area contributed by atoms with E-state index in [9.17, 15) is 8.94 Å². The van der Waals surface area contributed by atoms with Crippen LogP contribution in [0.1, 0.15) is 46.6 Å². The Morgan fingerprint density at radius 1 is 1.38 bits per heavy atom. The van der Waals surface area contributed by atoms with Gasteiger partial charge in [0, 0.05) is 11.4 Å². The van der Waals surface area contributed by atoms with Crippen molar-refractivity contribution in [1.82, 2.24) is 4.72 Å². The van der Waals surface area contributed by atoms with Crippen molar-refractivity contribution in [3.05, 3.63) is 46.2 Å². The van der Waals surface area contributed by atoms with Gasteiger partial charge in [0.1, 0.15) is 10.6 Å². The molecule has 0 heterocycles. The van der Waals surface area contributed by atoms with Crippen LogP contribution in [0.4, 0.5) is 4.39 Å². The summed E-state index contributed by atoms with van der Waals surface area (Å²) in [5.74, 6) is -0.312. The van der Waals surface area contributed by atoms with Gasteiger partial charge in [-0.2, -0.15) is 0 Å². The van der Waals surface area contributed by atoms with Crippen molar-refractivity contribution >= 4 is 27.3 Å². The maximum Gasteiger partial charge on any atom is 0.137 e. The van der Waals surface area contributed by atoms with Crippen molar-refractivity contribution in [3.8, 4) is 0 Å². The van der Waals surface area contributed by atoms with Gasteiger partial charge in [0.15, 0.2) is 0 Å². The fraction of sp³-hybridized carbons (Fsp3) is 0.500. The van der Waals surface area contributed by atoms with Crippen LogP contribution in [-0.2, 0) is 16.9 Å². The minimum atomic E-state index is -1.24. The molecule has 1 aromatic carbocycles. The van der Waals surface area contributed by atoms with Gasteiger partial charge in [-0.15, -0.1) is 11.3 Å². The first kappa shape index (κ1) is 18.7. The Morgan fingerprint density at radius 2 is 1.95 bits per heavy atom. The van der Waals surface area contributed by atoms with Crippen molar-refractivity contribution in [2.24, 2.45) is 0 Å². The molecule has 0 saturated heterocycles. The highest BCUT2D eigenvalue weighted by atomic mass is 79.9. The topological polar surface area (TPSA) is 35.1 Å². The van der Waals surface area contributed by atoms with Crippen LogP contribution in [0.2, 0.25) is 0 Å². The summed E-state index contributed by atoms with van der Waals surface area (Å²) in [5.41, 5.74) is 1.27. The van der Waals surface area contributed by atoms with Crippen molar-refractivity contribution in [1.29, 1.82) is 0 Å². The molecule has 1 N–H and O–H groups in total. The maximum absolute atomic E-state index is 13.5. The molecule has 5 heteroatoms. The number of nitrogens with one attached hydrogen (secondary N) is 1. The SMILES string of the molecule is C=C(C)CC(C)(N[S+]([O-])C(C)(C)C)c1ccc(F)c(Br)c1. The van der Waals surface area contributed by atoms with E-state index in [-0.39, 0.29) is 10.6 Å². The van der Waals surface area contributed by atoms with Crippen LogP contribution in [-0.4, -0.2) is 9.30 Å². The summed E-state index contributed by atoms with van der Waals surface area (Å²) < 4.78 is 29.1. The van der Waals surface area contributed by atoms with E-state index in [1.54, 1.807) is 12.1 Å². The molecule has 118 valence electrons. The number of halogens is 2. The van der Waals surface area contributed by atoms with Gasteiger partial charge in [-0.1, -0.05) is 11.6 Å². The van der Waals surface area contributed by atoms with Gasteiger partial charge >= 0.3 is 0 Å². The first-order valence-electron chi connectivity index (χ1n) is 6.75. The Hall–Kier alpha value is -0.360. The van der Waals surface area contributed by atoms with Gasteiger partial charge in [0.2, 0.25) is 0 Å².